The number of hydrogen-bond donors (Lipinski definition) is 3. The third-order valence-corrected chi connectivity index (χ3v) is 7.31. The maximum atomic E-state index is 14.9. The predicted octanol–water partition coefficient (Wildman–Crippen LogP) is 4.29. The zero-order valence-corrected chi connectivity index (χ0v) is 19.2. The van der Waals surface area contributed by atoms with Crippen LogP contribution < -0.4 is 20.3 Å². The summed E-state index contributed by atoms with van der Waals surface area (Å²) in [5, 5.41) is 7.34. The summed E-state index contributed by atoms with van der Waals surface area (Å²) in [4.78, 5) is 5.17. The van der Waals surface area contributed by atoms with Gasteiger partial charge in [-0.3, -0.25) is 4.72 Å². The van der Waals surface area contributed by atoms with Crippen LogP contribution in [0.4, 0.5) is 36.1 Å². The molecule has 0 radical (unpaired) electrons. The number of thiazole rings is 1. The van der Waals surface area contributed by atoms with E-state index in [1.165, 1.54) is 40.4 Å². The van der Waals surface area contributed by atoms with Crippen LogP contribution >= 0.6 is 11.3 Å². The van der Waals surface area contributed by atoms with Gasteiger partial charge < -0.3 is 15.5 Å². The van der Waals surface area contributed by atoms with Crippen molar-refractivity contribution in [2.75, 3.05) is 35.1 Å². The molecule has 4 rings (SSSR count). The normalized spacial score (nSPS) is 16.6. The van der Waals surface area contributed by atoms with E-state index in [0.29, 0.717) is 24.5 Å². The van der Waals surface area contributed by atoms with Gasteiger partial charge in [-0.2, -0.15) is 0 Å². The second-order valence-electron chi connectivity index (χ2n) is 7.60. The number of aromatic nitrogens is 1. The smallest absolute Gasteiger partial charge is 0.263 e. The third-order valence-electron chi connectivity index (χ3n) is 5.39. The number of nitrogens with one attached hydrogen (secondary N) is 3. The first-order chi connectivity index (χ1) is 15.8. The lowest BCUT2D eigenvalue weighted by molar-refractivity contribution is 0.449. The van der Waals surface area contributed by atoms with Gasteiger partial charge in [-0.25, -0.2) is 26.6 Å². The lowest BCUT2D eigenvalue weighted by Gasteiger charge is -2.35. The molecule has 176 valence electrons. The SMILES string of the molecule is CN[C@@H]1CCCN(c2cc(F)ccc2Nc2c(F)cc(S(=O)(=O)Nc3cscn3)cc2F)C1. The highest BCUT2D eigenvalue weighted by Gasteiger charge is 2.24. The quantitative estimate of drug-likeness (QED) is 0.452. The summed E-state index contributed by atoms with van der Waals surface area (Å²) in [6.07, 6.45) is 1.85. The minimum Gasteiger partial charge on any atom is -0.368 e. The Morgan fingerprint density at radius 2 is 1.91 bits per heavy atom. The molecule has 1 aliphatic heterocycles. The van der Waals surface area contributed by atoms with E-state index >= 15 is 0 Å². The van der Waals surface area contributed by atoms with Crippen molar-refractivity contribution in [3.63, 3.8) is 0 Å². The molecule has 33 heavy (non-hydrogen) atoms. The average molecular weight is 498 g/mol. The fraction of sp³-hybridized carbons (Fsp3) is 0.286. The first-order valence-corrected chi connectivity index (χ1v) is 12.6. The minimum atomic E-state index is -4.24. The van der Waals surface area contributed by atoms with Gasteiger partial charge in [0, 0.05) is 24.5 Å². The maximum absolute atomic E-state index is 14.9. The summed E-state index contributed by atoms with van der Waals surface area (Å²) in [7, 11) is -2.39. The van der Waals surface area contributed by atoms with Crippen molar-refractivity contribution in [3.05, 3.63) is 58.7 Å². The standard InChI is InChI=1S/C21H22F3N5O2S2/c1-25-14-3-2-6-29(10-14)19-7-13(22)4-5-18(19)27-21-16(23)8-15(9-17(21)24)33(30,31)28-20-11-32-12-26-20/h4-5,7-9,11-12,14,25,27-28H,2-3,6,10H2,1H3/t14-/m1/s1. The van der Waals surface area contributed by atoms with Crippen LogP contribution in [-0.4, -0.2) is 39.6 Å². The number of hydrogen-bond acceptors (Lipinski definition) is 7. The Kier molecular flexibility index (Phi) is 6.77. The van der Waals surface area contributed by atoms with Crippen molar-refractivity contribution in [3.8, 4) is 0 Å². The molecule has 1 aliphatic rings. The van der Waals surface area contributed by atoms with Gasteiger partial charge in [-0.05, 0) is 50.2 Å². The van der Waals surface area contributed by atoms with Crippen LogP contribution in [0.15, 0.2) is 46.1 Å². The van der Waals surface area contributed by atoms with Crippen LogP contribution in [-0.2, 0) is 10.0 Å². The Morgan fingerprint density at radius 1 is 1.15 bits per heavy atom. The number of piperidine rings is 1. The molecule has 3 aromatic rings. The summed E-state index contributed by atoms with van der Waals surface area (Å²) in [5.74, 6) is -2.62. The molecular formula is C21H22F3N5O2S2. The molecule has 0 saturated carbocycles. The second kappa shape index (κ2) is 9.57. The second-order valence-corrected chi connectivity index (χ2v) is 10.0. The Balaban J connectivity index is 1.63. The third kappa shape index (κ3) is 5.23. The van der Waals surface area contributed by atoms with E-state index in [0.717, 1.165) is 25.0 Å². The maximum Gasteiger partial charge on any atom is 0.263 e. The summed E-state index contributed by atoms with van der Waals surface area (Å²) in [5.41, 5.74) is 1.67. The largest absolute Gasteiger partial charge is 0.368 e. The highest BCUT2D eigenvalue weighted by atomic mass is 32.2. The van der Waals surface area contributed by atoms with Crippen molar-refractivity contribution in [1.29, 1.82) is 0 Å². The number of nitrogens with zero attached hydrogens (tertiary/aromatic N) is 2. The van der Waals surface area contributed by atoms with E-state index in [2.05, 4.69) is 20.3 Å². The zero-order chi connectivity index (χ0) is 23.6. The first-order valence-electron chi connectivity index (χ1n) is 10.2. The summed E-state index contributed by atoms with van der Waals surface area (Å²) in [6, 6.07) is 5.56. The molecule has 0 aliphatic carbocycles. The van der Waals surface area contributed by atoms with Gasteiger partial charge in [0.1, 0.15) is 11.5 Å². The van der Waals surface area contributed by atoms with E-state index in [9.17, 15) is 21.6 Å². The lowest BCUT2D eigenvalue weighted by Crippen LogP contribution is -2.44. The Bertz CT molecular complexity index is 1220. The van der Waals surface area contributed by atoms with Crippen molar-refractivity contribution >= 4 is 44.2 Å². The van der Waals surface area contributed by atoms with Gasteiger partial charge in [0.25, 0.3) is 10.0 Å². The fourth-order valence-electron chi connectivity index (χ4n) is 3.72. The van der Waals surface area contributed by atoms with Gasteiger partial charge in [-0.1, -0.05) is 0 Å². The Labute approximate surface area is 193 Å². The van der Waals surface area contributed by atoms with E-state index in [-0.39, 0.29) is 11.9 Å². The van der Waals surface area contributed by atoms with Crippen molar-refractivity contribution in [1.82, 2.24) is 10.3 Å². The number of anilines is 4. The molecular weight excluding hydrogens is 475 g/mol. The molecule has 0 spiro atoms. The summed E-state index contributed by atoms with van der Waals surface area (Å²) in [6.45, 7) is 1.28. The molecule has 0 amide bonds. The summed E-state index contributed by atoms with van der Waals surface area (Å²) < 4.78 is 70.9. The van der Waals surface area contributed by atoms with Gasteiger partial charge in [0.05, 0.1) is 21.8 Å². The zero-order valence-electron chi connectivity index (χ0n) is 17.6. The average Bonchev–Trinajstić information content (AvgIpc) is 3.29. The molecule has 0 unspecified atom stereocenters. The van der Waals surface area contributed by atoms with E-state index in [4.69, 9.17) is 0 Å². The number of likely N-dealkylation sites (N-methyl/N-ethyl adjacent to an activating group) is 1. The molecule has 1 aromatic heterocycles. The number of rotatable bonds is 7. The molecule has 3 N–H and O–H groups in total. The minimum absolute atomic E-state index is 0.0559. The highest BCUT2D eigenvalue weighted by molar-refractivity contribution is 7.92. The van der Waals surface area contributed by atoms with Crippen molar-refractivity contribution in [2.45, 2.75) is 23.8 Å². The summed E-state index contributed by atoms with van der Waals surface area (Å²) >= 11 is 1.17. The number of halogens is 3. The predicted molar refractivity (Wildman–Crippen MR) is 123 cm³/mol. The molecule has 7 nitrogen and oxygen atoms in total. The van der Waals surface area contributed by atoms with Crippen LogP contribution in [0.1, 0.15) is 12.8 Å². The van der Waals surface area contributed by atoms with Crippen molar-refractivity contribution < 1.29 is 21.6 Å². The van der Waals surface area contributed by atoms with Crippen LogP contribution in [0, 0.1) is 17.5 Å². The van der Waals surface area contributed by atoms with Crippen LogP contribution in [0.3, 0.4) is 0 Å². The van der Waals surface area contributed by atoms with Gasteiger partial charge in [0.2, 0.25) is 0 Å². The van der Waals surface area contributed by atoms with Crippen LogP contribution in [0.5, 0.6) is 0 Å². The van der Waals surface area contributed by atoms with Crippen LogP contribution in [0.25, 0.3) is 0 Å². The lowest BCUT2D eigenvalue weighted by atomic mass is 10.0. The van der Waals surface area contributed by atoms with E-state index in [1.807, 2.05) is 11.9 Å². The molecule has 1 fully saturated rings. The number of benzene rings is 2. The van der Waals surface area contributed by atoms with Gasteiger partial charge in [-0.15, -0.1) is 11.3 Å². The Morgan fingerprint density at radius 3 is 2.58 bits per heavy atom. The Hall–Kier alpha value is -2.83. The first kappa shape index (κ1) is 23.3. The van der Waals surface area contributed by atoms with Gasteiger partial charge in [0.15, 0.2) is 17.5 Å². The molecule has 0 bridgehead atoms. The highest BCUT2D eigenvalue weighted by Crippen LogP contribution is 2.34. The van der Waals surface area contributed by atoms with Crippen molar-refractivity contribution in [2.24, 2.45) is 0 Å². The topological polar surface area (TPSA) is 86.4 Å². The van der Waals surface area contributed by atoms with E-state index in [1.54, 1.807) is 0 Å². The van der Waals surface area contributed by atoms with Gasteiger partial charge >= 0.3 is 0 Å². The molecule has 12 heteroatoms. The molecule has 1 atom stereocenters. The van der Waals surface area contributed by atoms with Crippen LogP contribution in [0.2, 0.25) is 0 Å². The fourth-order valence-corrected chi connectivity index (χ4v) is 5.30. The molecule has 2 aromatic carbocycles. The molecule has 2 heterocycles. The monoisotopic (exact) mass is 497 g/mol. The number of sulfonamides is 1. The molecule has 1 saturated heterocycles. The van der Waals surface area contributed by atoms with E-state index < -0.39 is 38.1 Å².